The molecule has 2 bridgehead atoms. The highest BCUT2D eigenvalue weighted by Crippen LogP contribution is 2.32. The lowest BCUT2D eigenvalue weighted by Crippen LogP contribution is -2.65. The van der Waals surface area contributed by atoms with Gasteiger partial charge in [-0.05, 0) is 31.0 Å². The van der Waals surface area contributed by atoms with Crippen molar-refractivity contribution >= 4 is 15.9 Å². The number of carbonyl (C=O) groups excluding carboxylic acids is 1. The molecule has 2 heterocycles. The van der Waals surface area contributed by atoms with Gasteiger partial charge in [0, 0.05) is 12.1 Å². The second-order valence-electron chi connectivity index (χ2n) is 5.71. The molecule has 2 fully saturated rings. The van der Waals surface area contributed by atoms with Gasteiger partial charge in [-0.3, -0.25) is 4.79 Å². The van der Waals surface area contributed by atoms with Crippen LogP contribution in [-0.2, 0) is 21.3 Å². The van der Waals surface area contributed by atoms with Crippen molar-refractivity contribution in [2.24, 2.45) is 0 Å². The van der Waals surface area contributed by atoms with Crippen LogP contribution in [0.3, 0.4) is 0 Å². The maximum Gasteiger partial charge on any atom is 0.254 e. The average molecular weight is 324 g/mol. The minimum absolute atomic E-state index is 0.0326. The number of ether oxygens (including phenoxy) is 1. The van der Waals surface area contributed by atoms with Crippen LogP contribution in [0.2, 0.25) is 0 Å². The predicted octanol–water partition coefficient (Wildman–Crippen LogP) is 0.739. The molecule has 1 aromatic carbocycles. The summed E-state index contributed by atoms with van der Waals surface area (Å²) in [4.78, 5) is 14.4. The number of nitrogens with one attached hydrogen (secondary N) is 1. The van der Waals surface area contributed by atoms with Crippen molar-refractivity contribution in [1.29, 1.82) is 0 Å². The van der Waals surface area contributed by atoms with Gasteiger partial charge in [0.05, 0.1) is 31.1 Å². The highest BCUT2D eigenvalue weighted by molar-refractivity contribution is 7.89. The van der Waals surface area contributed by atoms with Crippen LogP contribution in [-0.4, -0.2) is 50.3 Å². The predicted molar refractivity (Wildman–Crippen MR) is 81.9 cm³/mol. The molecule has 6 nitrogen and oxygen atoms in total. The standard InChI is InChI=1S/C15H20N2O4S/c1-2-22(19,20)16-8-11-3-5-12(6-4-11)15(18)17-13-7-14(17)10-21-9-13/h3-6,13-14,16H,2,7-10H2,1H3. The summed E-state index contributed by atoms with van der Waals surface area (Å²) in [5.41, 5.74) is 1.47. The Morgan fingerprint density at radius 2 is 1.91 bits per heavy atom. The van der Waals surface area contributed by atoms with Crippen molar-refractivity contribution in [2.45, 2.75) is 32.0 Å². The van der Waals surface area contributed by atoms with Crippen LogP contribution in [0.5, 0.6) is 0 Å². The fourth-order valence-corrected chi connectivity index (χ4v) is 3.47. The average Bonchev–Trinajstić information content (AvgIpc) is 2.54. The van der Waals surface area contributed by atoms with Crippen LogP contribution >= 0.6 is 0 Å². The first kappa shape index (κ1) is 15.5. The van der Waals surface area contributed by atoms with E-state index in [0.29, 0.717) is 18.8 Å². The Bertz CT molecular complexity index is 643. The molecule has 1 amide bonds. The van der Waals surface area contributed by atoms with E-state index in [0.717, 1.165) is 12.0 Å². The number of carbonyl (C=O) groups is 1. The lowest BCUT2D eigenvalue weighted by Gasteiger charge is -2.52. The summed E-state index contributed by atoms with van der Waals surface area (Å²) in [6, 6.07) is 7.51. The van der Waals surface area contributed by atoms with Crippen LogP contribution in [0.4, 0.5) is 0 Å². The van der Waals surface area contributed by atoms with Gasteiger partial charge in [0.25, 0.3) is 5.91 Å². The molecule has 0 saturated carbocycles. The Balaban J connectivity index is 1.63. The van der Waals surface area contributed by atoms with E-state index in [1.165, 1.54) is 0 Å². The van der Waals surface area contributed by atoms with E-state index in [2.05, 4.69) is 4.72 Å². The molecule has 22 heavy (non-hydrogen) atoms. The molecule has 1 N–H and O–H groups in total. The highest BCUT2D eigenvalue weighted by atomic mass is 32.2. The lowest BCUT2D eigenvalue weighted by molar-refractivity contribution is -0.104. The van der Waals surface area contributed by atoms with Gasteiger partial charge >= 0.3 is 0 Å². The first-order valence-electron chi connectivity index (χ1n) is 7.47. The number of rotatable bonds is 5. The Labute approximate surface area is 130 Å². The van der Waals surface area contributed by atoms with Crippen LogP contribution in [0.1, 0.15) is 29.3 Å². The maximum atomic E-state index is 12.5. The summed E-state index contributed by atoms with van der Waals surface area (Å²) in [6.07, 6.45) is 1.03. The normalized spacial score (nSPS) is 24.0. The van der Waals surface area contributed by atoms with Crippen LogP contribution in [0.15, 0.2) is 24.3 Å². The second kappa shape index (κ2) is 5.98. The Kier molecular flexibility index (Phi) is 4.20. The van der Waals surface area contributed by atoms with Gasteiger partial charge in [0.15, 0.2) is 0 Å². The molecule has 7 heteroatoms. The zero-order valence-electron chi connectivity index (χ0n) is 12.5. The fourth-order valence-electron chi connectivity index (χ4n) is 2.88. The highest BCUT2D eigenvalue weighted by Gasteiger charge is 2.45. The fraction of sp³-hybridized carbons (Fsp3) is 0.533. The molecular formula is C15H20N2O4S. The van der Waals surface area contributed by atoms with Crippen LogP contribution < -0.4 is 4.72 Å². The monoisotopic (exact) mass is 324 g/mol. The summed E-state index contributed by atoms with van der Waals surface area (Å²) in [5, 5.41) is 0. The third-order valence-corrected chi connectivity index (χ3v) is 5.61. The van der Waals surface area contributed by atoms with Gasteiger partial charge in [0.1, 0.15) is 0 Å². The summed E-state index contributed by atoms with van der Waals surface area (Å²) in [5.74, 6) is 0.0915. The molecular weight excluding hydrogens is 304 g/mol. The van der Waals surface area contributed by atoms with E-state index in [-0.39, 0.29) is 30.3 Å². The number of morpholine rings is 1. The van der Waals surface area contributed by atoms with E-state index < -0.39 is 10.0 Å². The van der Waals surface area contributed by atoms with Crippen molar-refractivity contribution < 1.29 is 17.9 Å². The van der Waals surface area contributed by atoms with Crippen molar-refractivity contribution in [3.63, 3.8) is 0 Å². The second-order valence-corrected chi connectivity index (χ2v) is 7.81. The molecule has 0 aliphatic carbocycles. The summed E-state index contributed by atoms with van der Waals surface area (Å²) < 4.78 is 30.7. The summed E-state index contributed by atoms with van der Waals surface area (Å²) in [6.45, 7) is 3.09. The SMILES string of the molecule is CCS(=O)(=O)NCc1ccc(C(=O)N2C3COCC2C3)cc1. The zero-order chi connectivity index (χ0) is 15.7. The van der Waals surface area contributed by atoms with Crippen molar-refractivity contribution in [3.8, 4) is 0 Å². The minimum Gasteiger partial charge on any atom is -0.377 e. The van der Waals surface area contributed by atoms with E-state index in [9.17, 15) is 13.2 Å². The van der Waals surface area contributed by atoms with Gasteiger partial charge in [-0.1, -0.05) is 12.1 Å². The van der Waals surface area contributed by atoms with E-state index in [1.807, 2.05) is 4.90 Å². The topological polar surface area (TPSA) is 75.7 Å². The number of sulfonamides is 1. The van der Waals surface area contributed by atoms with Crippen LogP contribution in [0, 0.1) is 0 Å². The molecule has 0 radical (unpaired) electrons. The lowest BCUT2D eigenvalue weighted by atomic mass is 9.90. The van der Waals surface area contributed by atoms with Gasteiger partial charge in [-0.25, -0.2) is 13.1 Å². The summed E-state index contributed by atoms with van der Waals surface area (Å²) in [7, 11) is -3.20. The zero-order valence-corrected chi connectivity index (χ0v) is 13.3. The molecule has 1 aromatic rings. The molecule has 120 valence electrons. The number of nitrogens with zero attached hydrogens (tertiary/aromatic N) is 1. The van der Waals surface area contributed by atoms with Crippen LogP contribution in [0.25, 0.3) is 0 Å². The van der Waals surface area contributed by atoms with Gasteiger partial charge < -0.3 is 9.64 Å². The largest absolute Gasteiger partial charge is 0.377 e. The number of hydrogen-bond acceptors (Lipinski definition) is 4. The van der Waals surface area contributed by atoms with Crippen molar-refractivity contribution in [1.82, 2.24) is 9.62 Å². The molecule has 3 rings (SSSR count). The third-order valence-electron chi connectivity index (χ3n) is 4.26. The van der Waals surface area contributed by atoms with E-state index >= 15 is 0 Å². The Morgan fingerprint density at radius 1 is 1.27 bits per heavy atom. The number of benzene rings is 1. The first-order valence-corrected chi connectivity index (χ1v) is 9.12. The smallest absolute Gasteiger partial charge is 0.254 e. The minimum atomic E-state index is -3.20. The van der Waals surface area contributed by atoms with Crippen molar-refractivity contribution in [2.75, 3.05) is 19.0 Å². The maximum absolute atomic E-state index is 12.5. The molecule has 2 aliphatic heterocycles. The third kappa shape index (κ3) is 3.02. The van der Waals surface area contributed by atoms with Gasteiger partial charge in [0.2, 0.25) is 10.0 Å². The molecule has 2 aliphatic rings. The molecule has 2 saturated heterocycles. The molecule has 0 spiro atoms. The quantitative estimate of drug-likeness (QED) is 0.867. The molecule has 2 unspecified atom stereocenters. The number of amides is 1. The number of fused-ring (bicyclic) bond motifs is 2. The van der Waals surface area contributed by atoms with Crippen molar-refractivity contribution in [3.05, 3.63) is 35.4 Å². The Hall–Kier alpha value is -1.44. The van der Waals surface area contributed by atoms with Gasteiger partial charge in [-0.15, -0.1) is 0 Å². The first-order chi connectivity index (χ1) is 10.5. The van der Waals surface area contributed by atoms with Gasteiger partial charge in [-0.2, -0.15) is 0 Å². The van der Waals surface area contributed by atoms with E-state index in [4.69, 9.17) is 4.74 Å². The Morgan fingerprint density at radius 3 is 2.45 bits per heavy atom. The molecule has 2 atom stereocenters. The molecule has 0 aromatic heterocycles. The summed E-state index contributed by atoms with van der Waals surface area (Å²) >= 11 is 0. The van der Waals surface area contributed by atoms with E-state index in [1.54, 1.807) is 31.2 Å². The number of hydrogen-bond donors (Lipinski definition) is 1.